The van der Waals surface area contributed by atoms with Crippen molar-refractivity contribution in [1.29, 1.82) is 0 Å². The molecule has 0 aliphatic carbocycles. The van der Waals surface area contributed by atoms with Crippen LogP contribution in [0.15, 0.2) is 0 Å². The zero-order chi connectivity index (χ0) is 10.1. The Bertz CT molecular complexity index is 110. The summed E-state index contributed by atoms with van der Waals surface area (Å²) in [5, 5.41) is 1.04. The molecule has 0 N–H and O–H groups in total. The van der Waals surface area contributed by atoms with E-state index in [0.29, 0.717) is 0 Å². The van der Waals surface area contributed by atoms with Gasteiger partial charge in [0.25, 0.3) is 0 Å². The second-order valence-electron chi connectivity index (χ2n) is 3.12. The molecule has 0 aromatic rings. The zero-order valence-corrected chi connectivity index (χ0v) is 10.8. The van der Waals surface area contributed by atoms with E-state index in [9.17, 15) is 8.78 Å². The second-order valence-corrected chi connectivity index (χ2v) is 5.20. The SMILES string of the molecule is FC(F)CC(Br)CCCCCCBr. The molecule has 0 saturated heterocycles. The highest BCUT2D eigenvalue weighted by molar-refractivity contribution is 9.09. The summed E-state index contributed by atoms with van der Waals surface area (Å²) in [5.74, 6) is 0. The van der Waals surface area contributed by atoms with Gasteiger partial charge >= 0.3 is 0 Å². The number of halogens is 4. The van der Waals surface area contributed by atoms with Gasteiger partial charge in [0.2, 0.25) is 6.43 Å². The third-order valence-corrected chi connectivity index (χ3v) is 3.23. The van der Waals surface area contributed by atoms with Crippen LogP contribution in [0.3, 0.4) is 0 Å². The quantitative estimate of drug-likeness (QED) is 0.447. The summed E-state index contributed by atoms with van der Waals surface area (Å²) >= 11 is 6.61. The van der Waals surface area contributed by atoms with Crippen molar-refractivity contribution in [2.75, 3.05) is 5.33 Å². The lowest BCUT2D eigenvalue weighted by molar-refractivity contribution is 0.136. The standard InChI is InChI=1S/C9H16Br2F2/c10-6-4-2-1-3-5-8(11)7-9(12)13/h8-9H,1-7H2. The van der Waals surface area contributed by atoms with Gasteiger partial charge in [-0.2, -0.15) is 0 Å². The molecule has 0 bridgehead atoms. The number of hydrogen-bond donors (Lipinski definition) is 0. The average molecular weight is 322 g/mol. The first-order valence-corrected chi connectivity index (χ1v) is 6.68. The van der Waals surface area contributed by atoms with Crippen LogP contribution < -0.4 is 0 Å². The minimum Gasteiger partial charge on any atom is -0.210 e. The van der Waals surface area contributed by atoms with E-state index >= 15 is 0 Å². The van der Waals surface area contributed by atoms with Crippen LogP contribution in [0.2, 0.25) is 0 Å². The molecule has 0 nitrogen and oxygen atoms in total. The van der Waals surface area contributed by atoms with Crippen LogP contribution in [0.25, 0.3) is 0 Å². The highest BCUT2D eigenvalue weighted by atomic mass is 79.9. The van der Waals surface area contributed by atoms with Crippen molar-refractivity contribution in [3.63, 3.8) is 0 Å². The molecule has 1 unspecified atom stereocenters. The van der Waals surface area contributed by atoms with Crippen molar-refractivity contribution in [1.82, 2.24) is 0 Å². The Morgan fingerprint density at radius 2 is 1.62 bits per heavy atom. The van der Waals surface area contributed by atoms with E-state index in [1.807, 2.05) is 0 Å². The van der Waals surface area contributed by atoms with Crippen molar-refractivity contribution in [2.24, 2.45) is 0 Å². The molecule has 0 aromatic heterocycles. The smallest absolute Gasteiger partial charge is 0.210 e. The lowest BCUT2D eigenvalue weighted by Gasteiger charge is -2.07. The molecule has 0 aliphatic rings. The van der Waals surface area contributed by atoms with Crippen molar-refractivity contribution < 1.29 is 8.78 Å². The van der Waals surface area contributed by atoms with Crippen LogP contribution in [0.4, 0.5) is 8.78 Å². The summed E-state index contributed by atoms with van der Waals surface area (Å²) in [7, 11) is 0. The largest absolute Gasteiger partial charge is 0.239 e. The first-order chi connectivity index (χ1) is 6.16. The molecule has 0 rings (SSSR count). The van der Waals surface area contributed by atoms with Crippen LogP contribution in [-0.4, -0.2) is 16.6 Å². The predicted molar refractivity (Wildman–Crippen MR) is 60.2 cm³/mol. The fourth-order valence-corrected chi connectivity index (χ4v) is 2.13. The summed E-state index contributed by atoms with van der Waals surface area (Å²) in [6.45, 7) is 0. The molecule has 1 atom stereocenters. The van der Waals surface area contributed by atoms with Gasteiger partial charge < -0.3 is 0 Å². The fraction of sp³-hybridized carbons (Fsp3) is 1.00. The number of hydrogen-bond acceptors (Lipinski definition) is 0. The maximum absolute atomic E-state index is 11.9. The lowest BCUT2D eigenvalue weighted by atomic mass is 10.1. The summed E-state index contributed by atoms with van der Waals surface area (Å²) in [6, 6.07) is 0. The Balaban J connectivity index is 3.12. The van der Waals surface area contributed by atoms with Gasteiger partial charge in [0.15, 0.2) is 0 Å². The Labute approximate surface area is 95.7 Å². The summed E-state index contributed by atoms with van der Waals surface area (Å²) < 4.78 is 23.8. The van der Waals surface area contributed by atoms with Crippen LogP contribution in [0.1, 0.15) is 38.5 Å². The average Bonchev–Trinajstić information content (AvgIpc) is 2.02. The first-order valence-electron chi connectivity index (χ1n) is 4.65. The fourth-order valence-electron chi connectivity index (χ4n) is 1.13. The molecule has 0 saturated carbocycles. The van der Waals surface area contributed by atoms with E-state index in [1.165, 1.54) is 12.8 Å². The molecule has 0 spiro atoms. The zero-order valence-electron chi connectivity index (χ0n) is 7.62. The van der Waals surface area contributed by atoms with Crippen molar-refractivity contribution in [3.05, 3.63) is 0 Å². The number of rotatable bonds is 8. The van der Waals surface area contributed by atoms with E-state index in [-0.39, 0.29) is 11.2 Å². The van der Waals surface area contributed by atoms with Gasteiger partial charge in [-0.05, 0) is 12.8 Å². The number of alkyl halides is 4. The summed E-state index contributed by atoms with van der Waals surface area (Å²) in [6.07, 6.45) is 3.26. The molecular weight excluding hydrogens is 306 g/mol. The third-order valence-electron chi connectivity index (χ3n) is 1.83. The van der Waals surface area contributed by atoms with E-state index in [1.54, 1.807) is 0 Å². The molecule has 0 amide bonds. The second kappa shape index (κ2) is 9.38. The molecule has 13 heavy (non-hydrogen) atoms. The molecule has 0 radical (unpaired) electrons. The van der Waals surface area contributed by atoms with Crippen molar-refractivity contribution in [2.45, 2.75) is 49.8 Å². The van der Waals surface area contributed by atoms with E-state index in [4.69, 9.17) is 0 Å². The monoisotopic (exact) mass is 320 g/mol. The molecule has 4 heteroatoms. The number of unbranched alkanes of at least 4 members (excludes halogenated alkanes) is 3. The topological polar surface area (TPSA) is 0 Å². The Morgan fingerprint density at radius 3 is 2.15 bits per heavy atom. The van der Waals surface area contributed by atoms with Gasteiger partial charge in [0.05, 0.1) is 0 Å². The van der Waals surface area contributed by atoms with Gasteiger partial charge in [0.1, 0.15) is 0 Å². The van der Waals surface area contributed by atoms with Crippen LogP contribution in [0, 0.1) is 0 Å². The van der Waals surface area contributed by atoms with Crippen LogP contribution in [0.5, 0.6) is 0 Å². The Morgan fingerprint density at radius 1 is 1.00 bits per heavy atom. The van der Waals surface area contributed by atoms with Gasteiger partial charge in [-0.1, -0.05) is 51.1 Å². The van der Waals surface area contributed by atoms with Gasteiger partial charge in [0, 0.05) is 16.6 Å². The predicted octanol–water partition coefficient (Wildman–Crippen LogP) is 4.75. The minimum atomic E-state index is -2.17. The van der Waals surface area contributed by atoms with Gasteiger partial charge in [-0.3, -0.25) is 0 Å². The Kier molecular flexibility index (Phi) is 9.97. The third kappa shape index (κ3) is 10.7. The van der Waals surface area contributed by atoms with E-state index in [0.717, 1.165) is 24.6 Å². The molecule has 0 aromatic carbocycles. The minimum absolute atomic E-state index is 0.00327. The molecule has 0 aliphatic heterocycles. The highest BCUT2D eigenvalue weighted by Crippen LogP contribution is 2.18. The molecule has 0 fully saturated rings. The highest BCUT2D eigenvalue weighted by Gasteiger charge is 2.10. The van der Waals surface area contributed by atoms with Crippen LogP contribution >= 0.6 is 31.9 Å². The summed E-state index contributed by atoms with van der Waals surface area (Å²) in [4.78, 5) is -0.00327. The normalized spacial score (nSPS) is 13.6. The van der Waals surface area contributed by atoms with Crippen molar-refractivity contribution in [3.8, 4) is 0 Å². The molecular formula is C9H16Br2F2. The van der Waals surface area contributed by atoms with Gasteiger partial charge in [-0.25, -0.2) is 8.78 Å². The maximum Gasteiger partial charge on any atom is 0.239 e. The van der Waals surface area contributed by atoms with Gasteiger partial charge in [-0.15, -0.1) is 0 Å². The Hall–Kier alpha value is 0.820. The van der Waals surface area contributed by atoms with E-state index < -0.39 is 6.43 Å². The molecule has 80 valence electrons. The van der Waals surface area contributed by atoms with Crippen molar-refractivity contribution >= 4 is 31.9 Å². The lowest BCUT2D eigenvalue weighted by Crippen LogP contribution is -2.04. The molecule has 0 heterocycles. The van der Waals surface area contributed by atoms with E-state index in [2.05, 4.69) is 31.9 Å². The maximum atomic E-state index is 11.9. The van der Waals surface area contributed by atoms with Crippen LogP contribution in [-0.2, 0) is 0 Å². The summed E-state index contributed by atoms with van der Waals surface area (Å²) in [5.41, 5.74) is 0. The first kappa shape index (κ1) is 13.8.